The van der Waals surface area contributed by atoms with E-state index in [9.17, 15) is 9.90 Å². The van der Waals surface area contributed by atoms with Gasteiger partial charge in [0.2, 0.25) is 0 Å². The van der Waals surface area contributed by atoms with E-state index in [0.717, 1.165) is 38.9 Å². The van der Waals surface area contributed by atoms with Gasteiger partial charge in [0.15, 0.2) is 0 Å². The smallest absolute Gasteiger partial charge is 0.320 e. The molecule has 20 heavy (non-hydrogen) atoms. The zero-order chi connectivity index (χ0) is 15.4. The van der Waals surface area contributed by atoms with Crippen LogP contribution in [0, 0.1) is 0 Å². The third kappa shape index (κ3) is 7.82. The normalized spacial score (nSPS) is 13.1. The Bertz CT molecular complexity index is 245. The van der Waals surface area contributed by atoms with Crippen LogP contribution in [0.4, 0.5) is 0 Å². The molecular weight excluding hydrogens is 256 g/mol. The van der Waals surface area contributed by atoms with Crippen LogP contribution < -0.4 is 5.32 Å². The summed E-state index contributed by atoms with van der Waals surface area (Å²) >= 11 is 0. The van der Waals surface area contributed by atoms with E-state index >= 15 is 0 Å². The summed E-state index contributed by atoms with van der Waals surface area (Å²) < 4.78 is 5.16. The highest BCUT2D eigenvalue weighted by Crippen LogP contribution is 2.10. The van der Waals surface area contributed by atoms with Crippen molar-refractivity contribution in [3.05, 3.63) is 0 Å². The Labute approximate surface area is 123 Å². The first kappa shape index (κ1) is 19.4. The topological polar surface area (TPSA) is 61.8 Å². The lowest BCUT2D eigenvalue weighted by atomic mass is 10.1. The molecule has 0 rings (SSSR count). The van der Waals surface area contributed by atoms with Gasteiger partial charge < -0.3 is 15.2 Å². The molecule has 0 fully saturated rings. The summed E-state index contributed by atoms with van der Waals surface area (Å²) in [4.78, 5) is 13.6. The number of methoxy groups -OCH3 is 1. The lowest BCUT2D eigenvalue weighted by Crippen LogP contribution is -2.43. The number of nitrogens with one attached hydrogen (secondary N) is 1. The molecule has 0 amide bonds. The van der Waals surface area contributed by atoms with Gasteiger partial charge in [-0.2, -0.15) is 0 Å². The van der Waals surface area contributed by atoms with Gasteiger partial charge >= 0.3 is 5.97 Å². The predicted molar refractivity (Wildman–Crippen MR) is 82.2 cm³/mol. The van der Waals surface area contributed by atoms with E-state index in [-0.39, 0.29) is 0 Å². The van der Waals surface area contributed by atoms with Gasteiger partial charge in [-0.3, -0.25) is 9.69 Å². The van der Waals surface area contributed by atoms with Crippen LogP contribution in [0.15, 0.2) is 0 Å². The summed E-state index contributed by atoms with van der Waals surface area (Å²) in [5, 5.41) is 12.3. The van der Waals surface area contributed by atoms with E-state index in [2.05, 4.69) is 24.1 Å². The second-order valence-corrected chi connectivity index (χ2v) is 5.13. The molecule has 2 N–H and O–H groups in total. The fraction of sp³-hybridized carbons (Fsp3) is 0.933. The fourth-order valence-electron chi connectivity index (χ4n) is 2.42. The van der Waals surface area contributed by atoms with Gasteiger partial charge in [-0.15, -0.1) is 0 Å². The number of carboxylic acid groups (broad SMARTS) is 1. The van der Waals surface area contributed by atoms with Gasteiger partial charge in [0.25, 0.3) is 0 Å². The van der Waals surface area contributed by atoms with Crippen molar-refractivity contribution >= 4 is 5.97 Å². The molecule has 1 atom stereocenters. The monoisotopic (exact) mass is 288 g/mol. The lowest BCUT2D eigenvalue weighted by molar-refractivity contribution is -0.139. The molecule has 0 aliphatic carbocycles. The average Bonchev–Trinajstić information content (AvgIpc) is 2.44. The summed E-state index contributed by atoms with van der Waals surface area (Å²) in [5.74, 6) is -0.755. The molecular formula is C15H32N2O3. The molecule has 0 aliphatic heterocycles. The van der Waals surface area contributed by atoms with E-state index in [1.54, 1.807) is 7.11 Å². The van der Waals surface area contributed by atoms with Crippen molar-refractivity contribution in [1.82, 2.24) is 10.2 Å². The third-order valence-electron chi connectivity index (χ3n) is 3.69. The minimum atomic E-state index is -0.755. The minimum absolute atomic E-state index is 0.450. The molecule has 0 heterocycles. The van der Waals surface area contributed by atoms with E-state index in [4.69, 9.17) is 4.74 Å². The Kier molecular flexibility index (Phi) is 11.7. The van der Waals surface area contributed by atoms with E-state index in [0.29, 0.717) is 19.1 Å². The zero-order valence-electron chi connectivity index (χ0n) is 13.5. The molecule has 0 aromatic carbocycles. The molecule has 0 aliphatic rings. The van der Waals surface area contributed by atoms with Crippen molar-refractivity contribution in [3.63, 3.8) is 0 Å². The zero-order valence-corrected chi connectivity index (χ0v) is 13.5. The second kappa shape index (κ2) is 12.1. The standard InChI is InChI=1S/C15H32N2O3/c1-5-9-16-14(15(18)19)8-10-17(11-12-20-4)13(6-2)7-3/h13-14,16H,5-12H2,1-4H3,(H,18,19). The lowest BCUT2D eigenvalue weighted by Gasteiger charge is -2.31. The maximum Gasteiger partial charge on any atom is 0.320 e. The molecule has 0 radical (unpaired) electrons. The van der Waals surface area contributed by atoms with E-state index in [1.165, 1.54) is 0 Å². The van der Waals surface area contributed by atoms with Crippen LogP contribution in [-0.2, 0) is 9.53 Å². The highest BCUT2D eigenvalue weighted by molar-refractivity contribution is 5.73. The van der Waals surface area contributed by atoms with Crippen LogP contribution in [0.5, 0.6) is 0 Å². The minimum Gasteiger partial charge on any atom is -0.480 e. The molecule has 5 nitrogen and oxygen atoms in total. The van der Waals surface area contributed by atoms with Gasteiger partial charge in [0, 0.05) is 26.2 Å². The first-order chi connectivity index (χ1) is 9.60. The molecule has 1 unspecified atom stereocenters. The number of rotatable bonds is 13. The molecule has 5 heteroatoms. The Morgan fingerprint density at radius 2 is 1.90 bits per heavy atom. The maximum atomic E-state index is 11.2. The number of aliphatic carboxylic acids is 1. The number of nitrogens with zero attached hydrogens (tertiary/aromatic N) is 1. The first-order valence-corrected chi connectivity index (χ1v) is 7.79. The number of carbonyl (C=O) groups is 1. The summed E-state index contributed by atoms with van der Waals surface area (Å²) in [6.07, 6.45) is 3.75. The molecule has 0 bridgehead atoms. The average molecular weight is 288 g/mol. The molecule has 0 aromatic heterocycles. The van der Waals surface area contributed by atoms with Crippen molar-refractivity contribution in [2.24, 2.45) is 0 Å². The number of carboxylic acids is 1. The Hall–Kier alpha value is -0.650. The van der Waals surface area contributed by atoms with Crippen molar-refractivity contribution < 1.29 is 14.6 Å². The van der Waals surface area contributed by atoms with Crippen LogP contribution >= 0.6 is 0 Å². The third-order valence-corrected chi connectivity index (χ3v) is 3.69. The molecule has 0 aromatic rings. The summed E-state index contributed by atoms with van der Waals surface area (Å²) in [7, 11) is 1.70. The summed E-state index contributed by atoms with van der Waals surface area (Å²) in [6.45, 7) is 9.50. The fourth-order valence-corrected chi connectivity index (χ4v) is 2.42. The van der Waals surface area contributed by atoms with Gasteiger partial charge in [0.1, 0.15) is 6.04 Å². The van der Waals surface area contributed by atoms with Crippen molar-refractivity contribution in [2.75, 3.05) is 33.4 Å². The number of hydrogen-bond acceptors (Lipinski definition) is 4. The van der Waals surface area contributed by atoms with Crippen LogP contribution in [0.3, 0.4) is 0 Å². The van der Waals surface area contributed by atoms with Gasteiger partial charge in [-0.1, -0.05) is 20.8 Å². The van der Waals surface area contributed by atoms with E-state index < -0.39 is 12.0 Å². The van der Waals surface area contributed by atoms with Crippen molar-refractivity contribution in [2.45, 2.75) is 58.5 Å². The predicted octanol–water partition coefficient (Wildman–Crippen LogP) is 1.97. The Morgan fingerprint density at radius 3 is 2.35 bits per heavy atom. The number of hydrogen-bond donors (Lipinski definition) is 2. The first-order valence-electron chi connectivity index (χ1n) is 7.79. The van der Waals surface area contributed by atoms with Crippen molar-refractivity contribution in [1.29, 1.82) is 0 Å². The summed E-state index contributed by atoms with van der Waals surface area (Å²) in [6, 6.07) is 0.0557. The van der Waals surface area contributed by atoms with Crippen LogP contribution in [-0.4, -0.2) is 61.4 Å². The highest BCUT2D eigenvalue weighted by atomic mass is 16.5. The second-order valence-electron chi connectivity index (χ2n) is 5.13. The van der Waals surface area contributed by atoms with Crippen LogP contribution in [0.25, 0.3) is 0 Å². The van der Waals surface area contributed by atoms with E-state index in [1.807, 2.05) is 6.92 Å². The van der Waals surface area contributed by atoms with Crippen LogP contribution in [0.2, 0.25) is 0 Å². The quantitative estimate of drug-likeness (QED) is 0.542. The molecule has 0 saturated heterocycles. The Morgan fingerprint density at radius 1 is 1.25 bits per heavy atom. The molecule has 120 valence electrons. The largest absolute Gasteiger partial charge is 0.480 e. The molecule has 0 spiro atoms. The molecule has 0 saturated carbocycles. The highest BCUT2D eigenvalue weighted by Gasteiger charge is 2.20. The summed E-state index contributed by atoms with van der Waals surface area (Å²) in [5.41, 5.74) is 0. The van der Waals surface area contributed by atoms with Gasteiger partial charge in [-0.25, -0.2) is 0 Å². The number of ether oxygens (including phenoxy) is 1. The Balaban J connectivity index is 4.41. The van der Waals surface area contributed by atoms with Crippen molar-refractivity contribution in [3.8, 4) is 0 Å². The SMILES string of the molecule is CCCNC(CCN(CCOC)C(CC)CC)C(=O)O. The van der Waals surface area contributed by atoms with Gasteiger partial charge in [0.05, 0.1) is 6.61 Å². The maximum absolute atomic E-state index is 11.2. The van der Waals surface area contributed by atoms with Gasteiger partial charge in [-0.05, 0) is 32.2 Å². The van der Waals surface area contributed by atoms with Crippen LogP contribution in [0.1, 0.15) is 46.5 Å².